The molecule has 0 aliphatic carbocycles. The summed E-state index contributed by atoms with van der Waals surface area (Å²) in [5.74, 6) is 0.984. The van der Waals surface area contributed by atoms with Crippen LogP contribution in [0.15, 0.2) is 30.7 Å². The summed E-state index contributed by atoms with van der Waals surface area (Å²) in [6.07, 6.45) is 6.94. The minimum atomic E-state index is 0.0954. The molecular formula is C15H20N4. The Morgan fingerprint density at radius 3 is 2.68 bits per heavy atom. The Morgan fingerprint density at radius 1 is 1.26 bits per heavy atom. The van der Waals surface area contributed by atoms with Gasteiger partial charge in [-0.2, -0.15) is 0 Å². The standard InChI is InChI=1S/C15H20N4/c1-15(2,3)13-10-19-9-6-12(17-14(19)18-13)11-4-7-16-8-5-11/h4-5,7-8,10,12H,6,9H2,1-3H3,(H,17,18). The molecule has 1 N–H and O–H groups in total. The first-order chi connectivity index (χ1) is 9.04. The van der Waals surface area contributed by atoms with Gasteiger partial charge in [-0.05, 0) is 24.1 Å². The fourth-order valence-corrected chi connectivity index (χ4v) is 2.40. The van der Waals surface area contributed by atoms with Gasteiger partial charge in [0.1, 0.15) is 0 Å². The van der Waals surface area contributed by atoms with Crippen molar-refractivity contribution >= 4 is 5.95 Å². The maximum Gasteiger partial charge on any atom is 0.203 e. The highest BCUT2D eigenvalue weighted by Crippen LogP contribution is 2.30. The molecular weight excluding hydrogens is 236 g/mol. The monoisotopic (exact) mass is 256 g/mol. The van der Waals surface area contributed by atoms with Crippen molar-refractivity contribution in [3.05, 3.63) is 42.0 Å². The van der Waals surface area contributed by atoms with E-state index in [1.54, 1.807) is 0 Å². The van der Waals surface area contributed by atoms with E-state index in [1.807, 2.05) is 12.4 Å². The summed E-state index contributed by atoms with van der Waals surface area (Å²) < 4.78 is 2.22. The first-order valence-corrected chi connectivity index (χ1v) is 6.78. The molecule has 2 aromatic rings. The Kier molecular flexibility index (Phi) is 2.81. The second kappa shape index (κ2) is 4.37. The summed E-state index contributed by atoms with van der Waals surface area (Å²) in [4.78, 5) is 8.81. The lowest BCUT2D eigenvalue weighted by Gasteiger charge is -2.25. The van der Waals surface area contributed by atoms with Crippen LogP contribution in [0.25, 0.3) is 0 Å². The van der Waals surface area contributed by atoms with Gasteiger partial charge in [-0.3, -0.25) is 4.98 Å². The Morgan fingerprint density at radius 2 is 2.00 bits per heavy atom. The van der Waals surface area contributed by atoms with E-state index in [0.29, 0.717) is 6.04 Å². The smallest absolute Gasteiger partial charge is 0.203 e. The predicted molar refractivity (Wildman–Crippen MR) is 76.1 cm³/mol. The molecule has 100 valence electrons. The van der Waals surface area contributed by atoms with Crippen molar-refractivity contribution in [1.82, 2.24) is 14.5 Å². The highest BCUT2D eigenvalue weighted by atomic mass is 15.2. The molecule has 0 fully saturated rings. The molecule has 0 radical (unpaired) electrons. The number of fused-ring (bicyclic) bond motifs is 1. The summed E-state index contributed by atoms with van der Waals surface area (Å²) in [6.45, 7) is 7.60. The molecule has 3 heterocycles. The van der Waals surface area contributed by atoms with Crippen LogP contribution >= 0.6 is 0 Å². The van der Waals surface area contributed by atoms with Crippen LogP contribution in [-0.4, -0.2) is 14.5 Å². The summed E-state index contributed by atoms with van der Waals surface area (Å²) >= 11 is 0. The lowest BCUT2D eigenvalue weighted by atomic mass is 9.93. The van der Waals surface area contributed by atoms with Crippen LogP contribution in [0.2, 0.25) is 0 Å². The van der Waals surface area contributed by atoms with E-state index in [1.165, 1.54) is 5.56 Å². The minimum Gasteiger partial charge on any atom is -0.349 e. The summed E-state index contributed by atoms with van der Waals surface area (Å²) in [6, 6.07) is 4.48. The Hall–Kier alpha value is -1.84. The Balaban J connectivity index is 1.86. The molecule has 2 aromatic heterocycles. The van der Waals surface area contributed by atoms with Gasteiger partial charge < -0.3 is 9.88 Å². The van der Waals surface area contributed by atoms with Crippen LogP contribution < -0.4 is 5.32 Å². The molecule has 0 saturated heterocycles. The fourth-order valence-electron chi connectivity index (χ4n) is 2.40. The largest absolute Gasteiger partial charge is 0.349 e. The molecule has 4 nitrogen and oxygen atoms in total. The van der Waals surface area contributed by atoms with E-state index in [9.17, 15) is 0 Å². The van der Waals surface area contributed by atoms with Crippen LogP contribution in [-0.2, 0) is 12.0 Å². The minimum absolute atomic E-state index is 0.0954. The first-order valence-electron chi connectivity index (χ1n) is 6.78. The summed E-state index contributed by atoms with van der Waals surface area (Å²) in [7, 11) is 0. The Bertz CT molecular complexity index is 566. The van der Waals surface area contributed by atoms with Gasteiger partial charge in [-0.15, -0.1) is 0 Å². The van der Waals surface area contributed by atoms with Crippen molar-refractivity contribution in [2.45, 2.75) is 45.2 Å². The summed E-state index contributed by atoms with van der Waals surface area (Å²) in [5, 5.41) is 3.53. The number of imidazole rings is 1. The van der Waals surface area contributed by atoms with Gasteiger partial charge in [0.05, 0.1) is 11.7 Å². The molecule has 0 amide bonds. The quantitative estimate of drug-likeness (QED) is 0.852. The van der Waals surface area contributed by atoms with Gasteiger partial charge in [0.2, 0.25) is 5.95 Å². The zero-order chi connectivity index (χ0) is 13.5. The molecule has 19 heavy (non-hydrogen) atoms. The fraction of sp³-hybridized carbons (Fsp3) is 0.467. The van der Waals surface area contributed by atoms with Gasteiger partial charge in [-0.25, -0.2) is 4.98 Å². The van der Waals surface area contributed by atoms with Gasteiger partial charge in [0.15, 0.2) is 0 Å². The van der Waals surface area contributed by atoms with Crippen LogP contribution in [0.1, 0.15) is 44.5 Å². The number of rotatable bonds is 1. The number of anilines is 1. The van der Waals surface area contributed by atoms with E-state index in [0.717, 1.165) is 24.6 Å². The van der Waals surface area contributed by atoms with E-state index in [2.05, 4.69) is 54.0 Å². The third-order valence-electron chi connectivity index (χ3n) is 3.62. The van der Waals surface area contributed by atoms with Gasteiger partial charge >= 0.3 is 0 Å². The maximum atomic E-state index is 4.73. The number of pyridine rings is 1. The zero-order valence-electron chi connectivity index (χ0n) is 11.7. The van der Waals surface area contributed by atoms with E-state index >= 15 is 0 Å². The highest BCUT2D eigenvalue weighted by molar-refractivity contribution is 5.37. The maximum absolute atomic E-state index is 4.73. The lowest BCUT2D eigenvalue weighted by Crippen LogP contribution is -2.21. The van der Waals surface area contributed by atoms with Crippen molar-refractivity contribution in [2.75, 3.05) is 5.32 Å². The van der Waals surface area contributed by atoms with Crippen molar-refractivity contribution < 1.29 is 0 Å². The van der Waals surface area contributed by atoms with Crippen LogP contribution in [0.4, 0.5) is 5.95 Å². The molecule has 1 atom stereocenters. The number of hydrogen-bond acceptors (Lipinski definition) is 3. The van der Waals surface area contributed by atoms with Gasteiger partial charge in [0.25, 0.3) is 0 Å². The molecule has 1 aliphatic heterocycles. The van der Waals surface area contributed by atoms with Crippen molar-refractivity contribution in [3.8, 4) is 0 Å². The van der Waals surface area contributed by atoms with Gasteiger partial charge in [-0.1, -0.05) is 20.8 Å². The molecule has 1 aliphatic rings. The molecule has 4 heteroatoms. The van der Waals surface area contributed by atoms with Crippen molar-refractivity contribution in [2.24, 2.45) is 0 Å². The average molecular weight is 256 g/mol. The van der Waals surface area contributed by atoms with E-state index < -0.39 is 0 Å². The van der Waals surface area contributed by atoms with Crippen molar-refractivity contribution in [1.29, 1.82) is 0 Å². The topological polar surface area (TPSA) is 42.7 Å². The molecule has 3 rings (SSSR count). The summed E-state index contributed by atoms with van der Waals surface area (Å²) in [5.41, 5.74) is 2.52. The first kappa shape index (κ1) is 12.2. The third-order valence-corrected chi connectivity index (χ3v) is 3.62. The second-order valence-corrected chi connectivity index (χ2v) is 6.16. The number of nitrogens with zero attached hydrogens (tertiary/aromatic N) is 3. The van der Waals surface area contributed by atoms with E-state index in [-0.39, 0.29) is 5.41 Å². The molecule has 0 bridgehead atoms. The predicted octanol–water partition coefficient (Wildman–Crippen LogP) is 3.13. The highest BCUT2D eigenvalue weighted by Gasteiger charge is 2.24. The van der Waals surface area contributed by atoms with Crippen LogP contribution in [0, 0.1) is 0 Å². The number of nitrogens with one attached hydrogen (secondary N) is 1. The van der Waals surface area contributed by atoms with Crippen LogP contribution in [0.3, 0.4) is 0 Å². The Labute approximate surface area is 113 Å². The normalized spacial score (nSPS) is 18.8. The lowest BCUT2D eigenvalue weighted by molar-refractivity contribution is 0.540. The number of aryl methyl sites for hydroxylation is 1. The van der Waals surface area contributed by atoms with Gasteiger partial charge in [0, 0.05) is 30.6 Å². The zero-order valence-corrected chi connectivity index (χ0v) is 11.7. The molecule has 1 unspecified atom stereocenters. The molecule has 0 spiro atoms. The van der Waals surface area contributed by atoms with Crippen molar-refractivity contribution in [3.63, 3.8) is 0 Å². The molecule has 0 saturated carbocycles. The molecule has 0 aromatic carbocycles. The number of hydrogen-bond donors (Lipinski definition) is 1. The third kappa shape index (κ3) is 2.35. The second-order valence-electron chi connectivity index (χ2n) is 6.16. The average Bonchev–Trinajstić information content (AvgIpc) is 2.82. The van der Waals surface area contributed by atoms with E-state index in [4.69, 9.17) is 4.98 Å². The number of aromatic nitrogens is 3. The SMILES string of the molecule is CC(C)(C)c1cn2c(n1)NC(c1ccncc1)CC2. The van der Waals surface area contributed by atoms with Crippen LogP contribution in [0.5, 0.6) is 0 Å².